The first-order chi connectivity index (χ1) is 15.2. The van der Waals surface area contributed by atoms with E-state index in [-0.39, 0.29) is 13.2 Å². The van der Waals surface area contributed by atoms with Crippen molar-refractivity contribution < 1.29 is 23.0 Å². The summed E-state index contributed by atoms with van der Waals surface area (Å²) in [5.74, 6) is 1.94. The highest BCUT2D eigenvalue weighted by Gasteiger charge is 2.32. The molecular weight excluding hydrogens is 399 g/mol. The number of benzene rings is 2. The molecule has 1 heterocycles. The molecule has 4 rings (SSSR count). The van der Waals surface area contributed by atoms with Crippen LogP contribution in [0.5, 0.6) is 11.5 Å². The van der Waals surface area contributed by atoms with Crippen LogP contribution in [-0.4, -0.2) is 31.4 Å². The van der Waals surface area contributed by atoms with Crippen molar-refractivity contribution in [1.29, 1.82) is 0 Å². The molecule has 1 aliphatic rings. The van der Waals surface area contributed by atoms with Gasteiger partial charge in [-0.25, -0.2) is 9.71 Å². The zero-order valence-electron chi connectivity index (χ0n) is 17.4. The van der Waals surface area contributed by atoms with Crippen LogP contribution in [0.2, 0.25) is 0 Å². The van der Waals surface area contributed by atoms with Crippen LogP contribution in [0.3, 0.4) is 0 Å². The topological polar surface area (TPSA) is 86.4 Å². The van der Waals surface area contributed by atoms with Gasteiger partial charge in [0.25, 0.3) is 5.89 Å². The molecule has 0 unspecified atom stereocenters. The molecule has 3 aromatic rings. The summed E-state index contributed by atoms with van der Waals surface area (Å²) in [6, 6.07) is 16.3. The molecule has 162 valence electrons. The third-order valence-electron chi connectivity index (χ3n) is 4.98. The summed E-state index contributed by atoms with van der Waals surface area (Å²) in [4.78, 5) is 0. The molecule has 7 nitrogen and oxygen atoms in total. The van der Waals surface area contributed by atoms with E-state index in [0.717, 1.165) is 29.7 Å². The lowest BCUT2D eigenvalue weighted by Crippen LogP contribution is -2.39. The summed E-state index contributed by atoms with van der Waals surface area (Å²) in [6.45, 7) is 0.805. The number of ether oxygens (including phenoxy) is 2. The Labute approximate surface area is 180 Å². The average molecular weight is 425 g/mol. The zero-order chi connectivity index (χ0) is 21.6. The van der Waals surface area contributed by atoms with Crippen LogP contribution in [-0.2, 0) is 6.54 Å². The second-order valence-electron chi connectivity index (χ2n) is 7.42. The van der Waals surface area contributed by atoms with Crippen molar-refractivity contribution in [3.8, 4) is 23.0 Å². The van der Waals surface area contributed by atoms with Gasteiger partial charge in [0.05, 0.1) is 19.5 Å². The lowest BCUT2D eigenvalue weighted by atomic mass is 10.2. The van der Waals surface area contributed by atoms with Gasteiger partial charge in [0.1, 0.15) is 24.7 Å². The van der Waals surface area contributed by atoms with Crippen molar-refractivity contribution in [2.75, 3.05) is 25.6 Å². The van der Waals surface area contributed by atoms with Gasteiger partial charge in [-0.15, -0.1) is 0 Å². The quantitative estimate of drug-likeness (QED) is 0.484. The predicted molar refractivity (Wildman–Crippen MR) is 115 cm³/mol. The number of nitrogens with zero attached hydrogens (tertiary/aromatic N) is 2. The van der Waals surface area contributed by atoms with E-state index in [0.29, 0.717) is 42.1 Å². The first-order valence-electron chi connectivity index (χ1n) is 10.2. The molecule has 1 aliphatic carbocycles. The Hall–Kier alpha value is -3.39. The molecular formula is C23H26FN4O3+. The number of nitrogens with two attached hydrogens (primary N) is 1. The van der Waals surface area contributed by atoms with Crippen molar-refractivity contribution in [1.82, 2.24) is 5.10 Å². The molecule has 8 heteroatoms. The van der Waals surface area contributed by atoms with E-state index in [1.165, 1.54) is 0 Å². The second kappa shape index (κ2) is 9.61. The van der Waals surface area contributed by atoms with Gasteiger partial charge >= 0.3 is 6.01 Å². The van der Waals surface area contributed by atoms with Crippen molar-refractivity contribution in [3.63, 3.8) is 0 Å². The maximum Gasteiger partial charge on any atom is 0.477 e. The number of hydrogen-bond acceptors (Lipinski definition) is 6. The van der Waals surface area contributed by atoms with Crippen LogP contribution >= 0.6 is 0 Å². The standard InChI is InChI=1S/C23H25FN4O3/c1-29-20-8-2-16(3-9-20)14-28-23(26-19-6-7-19)31-22(27-28)18-4-10-21(11-5-18)30-15-17(12-24)13-25/h2-5,8-12,19H,6-7,13-15,25H2,1H3/p+1/b17-12+. The number of aromatic nitrogens is 2. The van der Waals surface area contributed by atoms with E-state index in [1.54, 1.807) is 19.2 Å². The van der Waals surface area contributed by atoms with E-state index < -0.39 is 0 Å². The van der Waals surface area contributed by atoms with E-state index >= 15 is 0 Å². The number of rotatable bonds is 10. The smallest absolute Gasteiger partial charge is 0.477 e. The molecule has 1 saturated carbocycles. The Balaban J connectivity index is 1.51. The van der Waals surface area contributed by atoms with E-state index in [1.807, 2.05) is 41.1 Å². The Bertz CT molecular complexity index is 1030. The summed E-state index contributed by atoms with van der Waals surface area (Å²) in [7, 11) is 1.65. The third-order valence-corrected chi connectivity index (χ3v) is 4.98. The van der Waals surface area contributed by atoms with Crippen molar-refractivity contribution in [2.45, 2.75) is 25.4 Å². The second-order valence-corrected chi connectivity index (χ2v) is 7.42. The van der Waals surface area contributed by atoms with Gasteiger partial charge < -0.3 is 19.6 Å². The van der Waals surface area contributed by atoms with Gasteiger partial charge in [0.2, 0.25) is 0 Å². The van der Waals surface area contributed by atoms with Gasteiger partial charge in [0, 0.05) is 17.7 Å². The molecule has 2 aromatic carbocycles. The van der Waals surface area contributed by atoms with Gasteiger partial charge in [-0.1, -0.05) is 16.8 Å². The number of nitrogens with one attached hydrogen (secondary N) is 1. The fourth-order valence-corrected chi connectivity index (χ4v) is 2.96. The minimum absolute atomic E-state index is 0.114. The minimum Gasteiger partial charge on any atom is -0.497 e. The normalized spacial score (nSPS) is 13.8. The molecule has 0 spiro atoms. The minimum atomic E-state index is 0.114. The lowest BCUT2D eigenvalue weighted by molar-refractivity contribution is -0.732. The summed E-state index contributed by atoms with van der Waals surface area (Å²) in [5, 5.41) is 8.08. The van der Waals surface area contributed by atoms with Gasteiger partial charge in [-0.2, -0.15) is 0 Å². The molecule has 1 fully saturated rings. The average Bonchev–Trinajstić information content (AvgIpc) is 3.55. The van der Waals surface area contributed by atoms with Crippen LogP contribution in [0.15, 0.2) is 64.9 Å². The van der Waals surface area contributed by atoms with Crippen LogP contribution in [0.1, 0.15) is 18.4 Å². The van der Waals surface area contributed by atoms with E-state index in [4.69, 9.17) is 19.6 Å². The Morgan fingerprint density at radius 2 is 1.90 bits per heavy atom. The summed E-state index contributed by atoms with van der Waals surface area (Å²) in [5.41, 5.74) is 7.75. The van der Waals surface area contributed by atoms with E-state index in [2.05, 4.69) is 10.4 Å². The largest absolute Gasteiger partial charge is 0.497 e. The molecule has 0 amide bonds. The number of hydrogen-bond donors (Lipinski definition) is 2. The number of methoxy groups -OCH3 is 1. The first-order valence-corrected chi connectivity index (χ1v) is 10.2. The molecule has 0 saturated heterocycles. The van der Waals surface area contributed by atoms with Gasteiger partial charge in [-0.3, -0.25) is 0 Å². The SMILES string of the molecule is COc1ccc(C[n+]2nc(-c3ccc(OC/C(=C/F)CN)cc3)oc2NC2CC2)cc1. The van der Waals surface area contributed by atoms with Crippen molar-refractivity contribution in [2.24, 2.45) is 5.73 Å². The Morgan fingerprint density at radius 1 is 1.19 bits per heavy atom. The van der Waals surface area contributed by atoms with Gasteiger partial charge in [0.15, 0.2) is 0 Å². The maximum atomic E-state index is 12.6. The highest BCUT2D eigenvalue weighted by molar-refractivity contribution is 5.54. The predicted octanol–water partition coefficient (Wildman–Crippen LogP) is 3.45. The fraction of sp³-hybridized carbons (Fsp3) is 0.304. The first kappa shape index (κ1) is 20.9. The summed E-state index contributed by atoms with van der Waals surface area (Å²) < 4.78 is 31.3. The highest BCUT2D eigenvalue weighted by atomic mass is 19.1. The Kier molecular flexibility index (Phi) is 6.47. The molecule has 31 heavy (non-hydrogen) atoms. The van der Waals surface area contributed by atoms with Crippen LogP contribution in [0.4, 0.5) is 10.4 Å². The lowest BCUT2D eigenvalue weighted by Gasteiger charge is -2.07. The molecule has 0 aliphatic heterocycles. The molecule has 0 radical (unpaired) electrons. The van der Waals surface area contributed by atoms with Gasteiger partial charge in [-0.05, 0) is 59.9 Å². The Morgan fingerprint density at radius 3 is 2.52 bits per heavy atom. The molecule has 0 bridgehead atoms. The number of halogens is 1. The molecule has 3 N–H and O–H groups in total. The highest BCUT2D eigenvalue weighted by Crippen LogP contribution is 2.27. The van der Waals surface area contributed by atoms with Crippen LogP contribution in [0, 0.1) is 0 Å². The summed E-state index contributed by atoms with van der Waals surface area (Å²) >= 11 is 0. The number of anilines is 1. The van der Waals surface area contributed by atoms with Crippen LogP contribution in [0.25, 0.3) is 11.5 Å². The molecule has 1 aromatic heterocycles. The zero-order valence-corrected chi connectivity index (χ0v) is 17.4. The summed E-state index contributed by atoms with van der Waals surface area (Å²) in [6.07, 6.45) is 2.74. The monoisotopic (exact) mass is 425 g/mol. The van der Waals surface area contributed by atoms with Crippen LogP contribution < -0.4 is 25.2 Å². The molecule has 0 atom stereocenters. The van der Waals surface area contributed by atoms with E-state index in [9.17, 15) is 4.39 Å². The third kappa shape index (κ3) is 5.40. The van der Waals surface area contributed by atoms with Crippen molar-refractivity contribution >= 4 is 6.01 Å². The fourth-order valence-electron chi connectivity index (χ4n) is 2.96. The maximum absolute atomic E-state index is 12.6. The van der Waals surface area contributed by atoms with Crippen molar-refractivity contribution in [3.05, 3.63) is 66.0 Å².